The van der Waals surface area contributed by atoms with Crippen molar-refractivity contribution in [2.45, 2.75) is 25.4 Å². The van der Waals surface area contributed by atoms with E-state index >= 15 is 0 Å². The summed E-state index contributed by atoms with van der Waals surface area (Å²) in [5.74, 6) is 1.56. The van der Waals surface area contributed by atoms with Gasteiger partial charge in [0.25, 0.3) is 0 Å². The van der Waals surface area contributed by atoms with E-state index in [0.29, 0.717) is 6.04 Å². The van der Waals surface area contributed by atoms with E-state index in [1.807, 2.05) is 0 Å². The average molecular weight is 234 g/mol. The van der Waals surface area contributed by atoms with Crippen LogP contribution in [0.5, 0.6) is 0 Å². The number of hydrogen-bond acceptors (Lipinski definition) is 5. The first-order chi connectivity index (χ1) is 6.59. The van der Waals surface area contributed by atoms with Crippen molar-refractivity contribution >= 4 is 26.8 Å². The van der Waals surface area contributed by atoms with E-state index in [1.165, 1.54) is 0 Å². The van der Waals surface area contributed by atoms with Crippen molar-refractivity contribution in [1.29, 1.82) is 0 Å². The molecule has 2 aliphatic heterocycles. The third-order valence-electron chi connectivity index (χ3n) is 2.42. The molecule has 0 aliphatic carbocycles. The fourth-order valence-corrected chi connectivity index (χ4v) is 3.95. The van der Waals surface area contributed by atoms with E-state index in [-0.39, 0.29) is 17.5 Å². The quantitative estimate of drug-likeness (QED) is 0.744. The maximum atomic E-state index is 10.9. The van der Waals surface area contributed by atoms with Crippen LogP contribution in [0.25, 0.3) is 0 Å². The lowest BCUT2D eigenvalue weighted by Gasteiger charge is -2.26. The number of nitrogens with one attached hydrogen (secondary N) is 1. The SMILES string of the molecule is CCC1CSC(NC2CS(=O)(=O)C2)=N1. The highest BCUT2D eigenvalue weighted by Crippen LogP contribution is 2.20. The van der Waals surface area contributed by atoms with E-state index in [9.17, 15) is 8.42 Å². The molecule has 0 spiro atoms. The highest BCUT2D eigenvalue weighted by molar-refractivity contribution is 8.14. The van der Waals surface area contributed by atoms with Crippen molar-refractivity contribution in [2.75, 3.05) is 17.3 Å². The molecular formula is C8H14N2O2S2. The van der Waals surface area contributed by atoms with E-state index in [0.717, 1.165) is 17.3 Å². The summed E-state index contributed by atoms with van der Waals surface area (Å²) in [6, 6.07) is 0.515. The maximum absolute atomic E-state index is 10.9. The van der Waals surface area contributed by atoms with Crippen molar-refractivity contribution in [1.82, 2.24) is 5.32 Å². The zero-order chi connectivity index (χ0) is 10.2. The first kappa shape index (κ1) is 10.3. The van der Waals surface area contributed by atoms with Gasteiger partial charge in [-0.1, -0.05) is 18.7 Å². The molecule has 1 atom stereocenters. The molecule has 1 fully saturated rings. The van der Waals surface area contributed by atoms with Crippen LogP contribution in [-0.2, 0) is 9.84 Å². The highest BCUT2D eigenvalue weighted by atomic mass is 32.2. The third kappa shape index (κ3) is 2.23. The molecule has 14 heavy (non-hydrogen) atoms. The zero-order valence-electron chi connectivity index (χ0n) is 8.06. The van der Waals surface area contributed by atoms with Crippen molar-refractivity contribution in [3.63, 3.8) is 0 Å². The first-order valence-corrected chi connectivity index (χ1v) is 7.57. The average Bonchev–Trinajstić information content (AvgIpc) is 2.49. The smallest absolute Gasteiger partial charge is 0.157 e. The fraction of sp³-hybridized carbons (Fsp3) is 0.875. The Balaban J connectivity index is 1.83. The Morgan fingerprint density at radius 3 is 2.79 bits per heavy atom. The van der Waals surface area contributed by atoms with Gasteiger partial charge in [0.15, 0.2) is 15.0 Å². The summed E-state index contributed by atoms with van der Waals surface area (Å²) in [5.41, 5.74) is 0. The van der Waals surface area contributed by atoms with Crippen LogP contribution < -0.4 is 5.32 Å². The predicted molar refractivity (Wildman–Crippen MR) is 59.5 cm³/mol. The molecule has 1 unspecified atom stereocenters. The molecule has 0 saturated carbocycles. The Morgan fingerprint density at radius 1 is 1.57 bits per heavy atom. The zero-order valence-corrected chi connectivity index (χ0v) is 9.70. The second kappa shape index (κ2) is 3.73. The van der Waals surface area contributed by atoms with Crippen molar-refractivity contribution < 1.29 is 8.42 Å². The molecule has 6 heteroatoms. The van der Waals surface area contributed by atoms with Gasteiger partial charge in [-0.2, -0.15) is 0 Å². The molecule has 80 valence electrons. The van der Waals surface area contributed by atoms with Crippen LogP contribution in [0, 0.1) is 0 Å². The first-order valence-electron chi connectivity index (χ1n) is 4.76. The second-order valence-corrected chi connectivity index (χ2v) is 6.89. The van der Waals surface area contributed by atoms with E-state index < -0.39 is 9.84 Å². The topological polar surface area (TPSA) is 58.5 Å². The molecule has 0 bridgehead atoms. The molecule has 0 radical (unpaired) electrons. The number of nitrogens with zero attached hydrogens (tertiary/aromatic N) is 1. The molecule has 2 rings (SSSR count). The summed E-state index contributed by atoms with van der Waals surface area (Å²) in [6.07, 6.45) is 1.06. The number of hydrogen-bond donors (Lipinski definition) is 1. The van der Waals surface area contributed by atoms with Crippen LogP contribution in [0.1, 0.15) is 13.3 Å². The van der Waals surface area contributed by atoms with E-state index in [2.05, 4.69) is 17.2 Å². The van der Waals surface area contributed by atoms with Gasteiger partial charge in [0, 0.05) is 5.75 Å². The van der Waals surface area contributed by atoms with Gasteiger partial charge >= 0.3 is 0 Å². The number of amidine groups is 1. The normalized spacial score (nSPS) is 30.9. The molecule has 2 aliphatic rings. The summed E-state index contributed by atoms with van der Waals surface area (Å²) in [6.45, 7) is 2.12. The van der Waals surface area contributed by atoms with Gasteiger partial charge in [-0.3, -0.25) is 4.99 Å². The lowest BCUT2D eigenvalue weighted by molar-refractivity contribution is 0.551. The molecular weight excluding hydrogens is 220 g/mol. The lowest BCUT2D eigenvalue weighted by Crippen LogP contribution is -2.52. The van der Waals surface area contributed by atoms with Crippen molar-refractivity contribution in [3.05, 3.63) is 0 Å². The number of sulfone groups is 1. The summed E-state index contributed by atoms with van der Waals surface area (Å²) < 4.78 is 21.8. The number of thioether (sulfide) groups is 1. The summed E-state index contributed by atoms with van der Waals surface area (Å²) in [7, 11) is -2.72. The van der Waals surface area contributed by atoms with Gasteiger partial charge in [-0.25, -0.2) is 8.42 Å². The summed E-state index contributed by atoms with van der Waals surface area (Å²) >= 11 is 1.70. The van der Waals surface area contributed by atoms with Gasteiger partial charge in [0.1, 0.15) is 0 Å². The molecule has 1 saturated heterocycles. The van der Waals surface area contributed by atoms with Crippen molar-refractivity contribution in [2.24, 2.45) is 4.99 Å². The van der Waals surface area contributed by atoms with E-state index in [1.54, 1.807) is 11.8 Å². The molecule has 0 aromatic heterocycles. The monoisotopic (exact) mass is 234 g/mol. The Hall–Kier alpha value is -0.230. The highest BCUT2D eigenvalue weighted by Gasteiger charge is 2.34. The standard InChI is InChI=1S/C8H14N2O2S2/c1-2-6-3-13-8(9-6)10-7-4-14(11,12)5-7/h6-7H,2-5H2,1H3,(H,9,10). The molecule has 4 nitrogen and oxygen atoms in total. The van der Waals surface area contributed by atoms with Gasteiger partial charge in [0.2, 0.25) is 0 Å². The predicted octanol–water partition coefficient (Wildman–Crippen LogP) is 0.254. The number of aliphatic imine (C=N–C) groups is 1. The van der Waals surface area contributed by atoms with E-state index in [4.69, 9.17) is 0 Å². The Kier molecular flexibility index (Phi) is 2.74. The largest absolute Gasteiger partial charge is 0.360 e. The third-order valence-corrected chi connectivity index (χ3v) is 5.29. The molecule has 2 heterocycles. The fourth-order valence-electron chi connectivity index (χ4n) is 1.53. The van der Waals surface area contributed by atoms with Gasteiger partial charge in [-0.05, 0) is 6.42 Å². The van der Waals surface area contributed by atoms with Crippen LogP contribution in [0.2, 0.25) is 0 Å². The Bertz CT molecular complexity index is 338. The lowest BCUT2D eigenvalue weighted by atomic mass is 10.3. The van der Waals surface area contributed by atoms with Gasteiger partial charge < -0.3 is 5.32 Å². The summed E-state index contributed by atoms with van der Waals surface area (Å²) in [5, 5.41) is 4.10. The second-order valence-electron chi connectivity index (χ2n) is 3.73. The summed E-state index contributed by atoms with van der Waals surface area (Å²) in [4.78, 5) is 4.45. The van der Waals surface area contributed by atoms with Crippen molar-refractivity contribution in [3.8, 4) is 0 Å². The van der Waals surface area contributed by atoms with Gasteiger partial charge in [-0.15, -0.1) is 0 Å². The Morgan fingerprint density at radius 2 is 2.29 bits per heavy atom. The Labute approximate surface area is 88.5 Å². The maximum Gasteiger partial charge on any atom is 0.157 e. The molecule has 0 amide bonds. The van der Waals surface area contributed by atoms with Crippen LogP contribution in [0.4, 0.5) is 0 Å². The van der Waals surface area contributed by atoms with Crippen LogP contribution in [-0.4, -0.2) is 42.9 Å². The molecule has 1 N–H and O–H groups in total. The van der Waals surface area contributed by atoms with Crippen LogP contribution in [0.15, 0.2) is 4.99 Å². The minimum atomic E-state index is -2.72. The molecule has 0 aromatic carbocycles. The van der Waals surface area contributed by atoms with Crippen LogP contribution >= 0.6 is 11.8 Å². The molecule has 0 aromatic rings. The minimum absolute atomic E-state index is 0.0989. The van der Waals surface area contributed by atoms with Gasteiger partial charge in [0.05, 0.1) is 23.6 Å². The number of rotatable bonds is 2. The van der Waals surface area contributed by atoms with Crippen LogP contribution in [0.3, 0.4) is 0 Å². The minimum Gasteiger partial charge on any atom is -0.360 e.